The van der Waals surface area contributed by atoms with Gasteiger partial charge in [0.25, 0.3) is 0 Å². The van der Waals surface area contributed by atoms with Gasteiger partial charge in [0.1, 0.15) is 0 Å². The molecule has 1 atom stereocenters. The van der Waals surface area contributed by atoms with Gasteiger partial charge in [0.2, 0.25) is 0 Å². The van der Waals surface area contributed by atoms with E-state index in [2.05, 4.69) is 17.9 Å². The fraction of sp³-hybridized carbons (Fsp3) is 0.556. The monoisotopic (exact) mass is 271 g/mol. The topological polar surface area (TPSA) is 46.2 Å². The van der Waals surface area contributed by atoms with Crippen LogP contribution in [0.1, 0.15) is 55.8 Å². The maximum atomic E-state index is 9.94. The first kappa shape index (κ1) is 15.1. The van der Waals surface area contributed by atoms with Crippen LogP contribution in [0.4, 0.5) is 0 Å². The van der Waals surface area contributed by atoms with E-state index < -0.39 is 6.10 Å². The summed E-state index contributed by atoms with van der Waals surface area (Å²) in [6, 6.07) is 8.06. The van der Waals surface area contributed by atoms with Crippen molar-refractivity contribution in [3.05, 3.63) is 35.4 Å². The van der Waals surface area contributed by atoms with Crippen LogP contribution in [0.3, 0.4) is 0 Å². The number of hydrogen-bond acceptors (Lipinski definition) is 2. The highest BCUT2D eigenvalue weighted by atomic mass is 16.3. The quantitative estimate of drug-likeness (QED) is 0.808. The molecule has 0 spiro atoms. The van der Waals surface area contributed by atoms with Crippen molar-refractivity contribution in [2.45, 2.75) is 51.0 Å². The molecule has 0 bridgehead atoms. The summed E-state index contributed by atoms with van der Waals surface area (Å²) in [4.78, 5) is 0. The second kappa shape index (κ2) is 8.09. The summed E-state index contributed by atoms with van der Waals surface area (Å²) in [5.41, 5.74) is 7.61. The fourth-order valence-corrected chi connectivity index (χ4v) is 2.83. The van der Waals surface area contributed by atoms with Gasteiger partial charge in [-0.2, -0.15) is 0 Å². The average molecular weight is 271 g/mol. The van der Waals surface area contributed by atoms with Crippen molar-refractivity contribution in [1.82, 2.24) is 0 Å². The van der Waals surface area contributed by atoms with Crippen molar-refractivity contribution in [1.29, 1.82) is 0 Å². The highest BCUT2D eigenvalue weighted by Crippen LogP contribution is 2.26. The number of hydrogen-bond donors (Lipinski definition) is 2. The maximum absolute atomic E-state index is 9.94. The predicted octanol–water partition coefficient (Wildman–Crippen LogP) is 3.20. The van der Waals surface area contributed by atoms with E-state index in [1.165, 1.54) is 31.2 Å². The molecule has 0 saturated heterocycles. The SMILES string of the molecule is NCCC(O)c1cccc(CC#CCC2CCCC2)c1. The molecule has 108 valence electrons. The fourth-order valence-electron chi connectivity index (χ4n) is 2.83. The summed E-state index contributed by atoms with van der Waals surface area (Å²) in [7, 11) is 0. The smallest absolute Gasteiger partial charge is 0.0802 e. The van der Waals surface area contributed by atoms with Gasteiger partial charge < -0.3 is 10.8 Å². The zero-order chi connectivity index (χ0) is 14.2. The highest BCUT2D eigenvalue weighted by molar-refractivity contribution is 5.28. The Hall–Kier alpha value is -1.30. The second-order valence-electron chi connectivity index (χ2n) is 5.72. The number of aliphatic hydroxyl groups is 1. The summed E-state index contributed by atoms with van der Waals surface area (Å²) in [6.07, 6.45) is 7.46. The van der Waals surface area contributed by atoms with Crippen LogP contribution in [0.5, 0.6) is 0 Å². The molecule has 1 unspecified atom stereocenters. The molecule has 0 aromatic heterocycles. The molecule has 2 nitrogen and oxygen atoms in total. The number of benzene rings is 1. The zero-order valence-electron chi connectivity index (χ0n) is 12.1. The largest absolute Gasteiger partial charge is 0.388 e. The number of aliphatic hydroxyl groups excluding tert-OH is 1. The summed E-state index contributed by atoms with van der Waals surface area (Å²) < 4.78 is 0. The van der Waals surface area contributed by atoms with Gasteiger partial charge in [0.05, 0.1) is 6.10 Å². The Balaban J connectivity index is 1.86. The van der Waals surface area contributed by atoms with Gasteiger partial charge in [0.15, 0.2) is 0 Å². The average Bonchev–Trinajstić information content (AvgIpc) is 2.97. The van der Waals surface area contributed by atoms with Crippen LogP contribution in [0.15, 0.2) is 24.3 Å². The molecule has 2 rings (SSSR count). The molecule has 3 N–H and O–H groups in total. The molecule has 2 heteroatoms. The number of rotatable bonds is 5. The first-order chi connectivity index (χ1) is 9.79. The molecule has 0 radical (unpaired) electrons. The molecule has 0 heterocycles. The Morgan fingerprint density at radius 3 is 2.80 bits per heavy atom. The molecule has 1 saturated carbocycles. The summed E-state index contributed by atoms with van der Waals surface area (Å²) in [6.45, 7) is 0.507. The lowest BCUT2D eigenvalue weighted by Crippen LogP contribution is -2.06. The Morgan fingerprint density at radius 2 is 2.05 bits per heavy atom. The van der Waals surface area contributed by atoms with Crippen molar-refractivity contribution >= 4 is 0 Å². The summed E-state index contributed by atoms with van der Waals surface area (Å²) >= 11 is 0. The van der Waals surface area contributed by atoms with E-state index in [4.69, 9.17) is 5.73 Å². The lowest BCUT2D eigenvalue weighted by atomic mass is 10.0. The predicted molar refractivity (Wildman–Crippen MR) is 83.1 cm³/mol. The minimum Gasteiger partial charge on any atom is -0.388 e. The van der Waals surface area contributed by atoms with Gasteiger partial charge in [-0.1, -0.05) is 43.0 Å². The van der Waals surface area contributed by atoms with Gasteiger partial charge in [-0.05, 0) is 42.9 Å². The summed E-state index contributed by atoms with van der Waals surface area (Å²) in [5.74, 6) is 7.42. The molecular formula is C18H25NO. The molecule has 1 aromatic carbocycles. The van der Waals surface area contributed by atoms with E-state index >= 15 is 0 Å². The standard InChI is InChI=1S/C18H25NO/c19-13-12-18(20)17-11-5-10-16(14-17)9-4-3-8-15-6-1-2-7-15/h5,10-11,14-15,18,20H,1-2,6-9,12-13,19H2. The molecule has 1 aromatic rings. The van der Waals surface area contributed by atoms with Gasteiger partial charge in [-0.15, -0.1) is 5.92 Å². The third-order valence-electron chi connectivity index (χ3n) is 4.06. The highest BCUT2D eigenvalue weighted by Gasteiger charge is 2.12. The van der Waals surface area contributed by atoms with Crippen molar-refractivity contribution in [3.63, 3.8) is 0 Å². The molecule has 1 aliphatic rings. The molecule has 0 amide bonds. The number of nitrogens with two attached hydrogens (primary N) is 1. The Labute approximate surface area is 122 Å². The maximum Gasteiger partial charge on any atom is 0.0802 e. The third-order valence-corrected chi connectivity index (χ3v) is 4.06. The van der Waals surface area contributed by atoms with Crippen LogP contribution >= 0.6 is 0 Å². The molecule has 1 aliphatic carbocycles. The molecule has 0 aliphatic heterocycles. The molecular weight excluding hydrogens is 246 g/mol. The van der Waals surface area contributed by atoms with E-state index in [1.54, 1.807) is 0 Å². The Kier molecular flexibility index (Phi) is 6.11. The van der Waals surface area contributed by atoms with Crippen molar-refractivity contribution in [2.24, 2.45) is 11.7 Å². The van der Waals surface area contributed by atoms with Crippen LogP contribution < -0.4 is 5.73 Å². The zero-order valence-corrected chi connectivity index (χ0v) is 12.1. The van der Waals surface area contributed by atoms with Gasteiger partial charge >= 0.3 is 0 Å². The van der Waals surface area contributed by atoms with Crippen LogP contribution in [-0.2, 0) is 6.42 Å². The first-order valence-corrected chi connectivity index (χ1v) is 7.72. The Morgan fingerprint density at radius 1 is 1.25 bits per heavy atom. The van der Waals surface area contributed by atoms with Crippen molar-refractivity contribution in [2.75, 3.05) is 6.54 Å². The van der Waals surface area contributed by atoms with Crippen LogP contribution in [-0.4, -0.2) is 11.7 Å². The lowest BCUT2D eigenvalue weighted by Gasteiger charge is -2.10. The first-order valence-electron chi connectivity index (χ1n) is 7.72. The van der Waals surface area contributed by atoms with Gasteiger partial charge in [-0.25, -0.2) is 0 Å². The van der Waals surface area contributed by atoms with E-state index in [0.717, 1.165) is 24.3 Å². The molecule has 20 heavy (non-hydrogen) atoms. The van der Waals surface area contributed by atoms with Crippen molar-refractivity contribution < 1.29 is 5.11 Å². The Bertz CT molecular complexity index is 466. The van der Waals surface area contributed by atoms with Crippen LogP contribution in [0.25, 0.3) is 0 Å². The van der Waals surface area contributed by atoms with E-state index in [1.807, 2.05) is 18.2 Å². The van der Waals surface area contributed by atoms with Gasteiger partial charge in [-0.3, -0.25) is 0 Å². The minimum absolute atomic E-state index is 0.452. The summed E-state index contributed by atoms with van der Waals surface area (Å²) in [5, 5.41) is 9.94. The lowest BCUT2D eigenvalue weighted by molar-refractivity contribution is 0.170. The third kappa shape index (κ3) is 4.67. The normalized spacial score (nSPS) is 16.7. The van der Waals surface area contributed by atoms with E-state index in [-0.39, 0.29) is 0 Å². The van der Waals surface area contributed by atoms with Gasteiger partial charge in [0, 0.05) is 12.8 Å². The van der Waals surface area contributed by atoms with Crippen LogP contribution in [0.2, 0.25) is 0 Å². The van der Waals surface area contributed by atoms with Crippen LogP contribution in [0, 0.1) is 17.8 Å². The second-order valence-corrected chi connectivity index (χ2v) is 5.72. The molecule has 1 fully saturated rings. The minimum atomic E-state index is -0.452. The van der Waals surface area contributed by atoms with E-state index in [0.29, 0.717) is 13.0 Å². The van der Waals surface area contributed by atoms with E-state index in [9.17, 15) is 5.11 Å². The van der Waals surface area contributed by atoms with Crippen molar-refractivity contribution in [3.8, 4) is 11.8 Å².